The number of pyridine rings is 1. The molecule has 0 aliphatic carbocycles. The number of likely N-dealkylation sites (tertiary alicyclic amines) is 1. The van der Waals surface area contributed by atoms with E-state index in [1.54, 1.807) is 24.5 Å². The number of carbonyl (C=O) groups is 1. The minimum absolute atomic E-state index is 0.0403. The molecule has 0 radical (unpaired) electrons. The second kappa shape index (κ2) is 4.22. The van der Waals surface area contributed by atoms with Crippen molar-refractivity contribution in [1.29, 1.82) is 0 Å². The molecule has 0 spiro atoms. The van der Waals surface area contributed by atoms with Crippen LogP contribution in [0.2, 0.25) is 0 Å². The molecule has 4 nitrogen and oxygen atoms in total. The zero-order valence-electron chi connectivity index (χ0n) is 9.52. The van der Waals surface area contributed by atoms with Gasteiger partial charge < -0.3 is 10.6 Å². The van der Waals surface area contributed by atoms with Crippen LogP contribution in [0.5, 0.6) is 0 Å². The van der Waals surface area contributed by atoms with Crippen LogP contribution in [0.3, 0.4) is 0 Å². The van der Waals surface area contributed by atoms with Gasteiger partial charge in [-0.3, -0.25) is 9.78 Å². The first-order valence-electron chi connectivity index (χ1n) is 5.59. The van der Waals surface area contributed by atoms with E-state index < -0.39 is 0 Å². The van der Waals surface area contributed by atoms with Crippen LogP contribution in [0.15, 0.2) is 24.5 Å². The van der Waals surface area contributed by atoms with E-state index in [1.807, 2.05) is 11.8 Å². The molecule has 2 rings (SSSR count). The van der Waals surface area contributed by atoms with Crippen LogP contribution in [0.25, 0.3) is 0 Å². The lowest BCUT2D eigenvalue weighted by Crippen LogP contribution is -2.50. The van der Waals surface area contributed by atoms with Crippen molar-refractivity contribution >= 4 is 5.91 Å². The van der Waals surface area contributed by atoms with E-state index in [1.165, 1.54) is 0 Å². The summed E-state index contributed by atoms with van der Waals surface area (Å²) >= 11 is 0. The van der Waals surface area contributed by atoms with E-state index in [4.69, 9.17) is 5.73 Å². The maximum absolute atomic E-state index is 12.3. The summed E-state index contributed by atoms with van der Waals surface area (Å²) in [6, 6.07) is 3.58. The lowest BCUT2D eigenvalue weighted by Gasteiger charge is -2.34. The quantitative estimate of drug-likeness (QED) is 0.808. The number of amides is 1. The molecule has 4 heteroatoms. The van der Waals surface area contributed by atoms with Gasteiger partial charge in [0.15, 0.2) is 0 Å². The highest BCUT2D eigenvalue weighted by molar-refractivity contribution is 5.94. The molecule has 1 aliphatic heterocycles. The monoisotopic (exact) mass is 219 g/mol. The van der Waals surface area contributed by atoms with Crippen molar-refractivity contribution in [2.45, 2.75) is 25.3 Å². The molecule has 1 aromatic rings. The number of hydrogen-bond donors (Lipinski definition) is 1. The van der Waals surface area contributed by atoms with Gasteiger partial charge in [0.05, 0.1) is 11.1 Å². The number of aromatic nitrogens is 1. The topological polar surface area (TPSA) is 59.2 Å². The Morgan fingerprint density at radius 2 is 2.50 bits per heavy atom. The van der Waals surface area contributed by atoms with Crippen LogP contribution < -0.4 is 5.73 Å². The third-order valence-corrected chi connectivity index (χ3v) is 3.34. The normalized spacial score (nSPS) is 24.8. The highest BCUT2D eigenvalue weighted by Crippen LogP contribution is 2.29. The molecule has 2 heterocycles. The molecule has 1 fully saturated rings. The number of rotatable bonds is 2. The predicted octanol–water partition coefficient (Wildman–Crippen LogP) is 1.04. The Morgan fingerprint density at radius 1 is 1.69 bits per heavy atom. The number of nitrogens with two attached hydrogens (primary N) is 1. The van der Waals surface area contributed by atoms with Crippen molar-refractivity contribution in [3.05, 3.63) is 30.1 Å². The first-order valence-corrected chi connectivity index (χ1v) is 5.59. The van der Waals surface area contributed by atoms with Crippen LogP contribution in [0.4, 0.5) is 0 Å². The van der Waals surface area contributed by atoms with Crippen molar-refractivity contribution in [2.75, 3.05) is 13.1 Å². The third kappa shape index (κ3) is 1.80. The van der Waals surface area contributed by atoms with Crippen molar-refractivity contribution in [3.63, 3.8) is 0 Å². The third-order valence-electron chi connectivity index (χ3n) is 3.34. The summed E-state index contributed by atoms with van der Waals surface area (Å²) in [5.74, 6) is 0.0403. The van der Waals surface area contributed by atoms with Crippen LogP contribution in [-0.2, 0) is 0 Å². The fourth-order valence-corrected chi connectivity index (χ4v) is 2.23. The van der Waals surface area contributed by atoms with Crippen molar-refractivity contribution in [3.8, 4) is 0 Å². The summed E-state index contributed by atoms with van der Waals surface area (Å²) in [7, 11) is 0. The van der Waals surface area contributed by atoms with Crippen molar-refractivity contribution in [1.82, 2.24) is 9.88 Å². The summed E-state index contributed by atoms with van der Waals surface area (Å²) in [5.41, 5.74) is 6.22. The van der Waals surface area contributed by atoms with Gasteiger partial charge in [-0.15, -0.1) is 0 Å². The second-order valence-corrected chi connectivity index (χ2v) is 4.50. The van der Waals surface area contributed by atoms with E-state index in [2.05, 4.69) is 4.98 Å². The van der Waals surface area contributed by atoms with Gasteiger partial charge in [-0.25, -0.2) is 0 Å². The minimum atomic E-state index is -0.188. The summed E-state index contributed by atoms with van der Waals surface area (Å²) in [4.78, 5) is 18.1. The molecule has 0 bridgehead atoms. The van der Waals surface area contributed by atoms with E-state index in [0.29, 0.717) is 12.1 Å². The maximum Gasteiger partial charge on any atom is 0.255 e. The first-order chi connectivity index (χ1) is 7.67. The zero-order chi connectivity index (χ0) is 11.6. The molecule has 1 amide bonds. The molecule has 2 N–H and O–H groups in total. The van der Waals surface area contributed by atoms with Crippen LogP contribution >= 0.6 is 0 Å². The summed E-state index contributed by atoms with van der Waals surface area (Å²) in [6.07, 6.45) is 5.29. The van der Waals surface area contributed by atoms with Crippen LogP contribution in [0.1, 0.15) is 30.1 Å². The number of carbonyl (C=O) groups excluding carboxylic acids is 1. The fraction of sp³-hybridized carbons (Fsp3) is 0.500. The van der Waals surface area contributed by atoms with Gasteiger partial charge in [-0.05, 0) is 31.9 Å². The summed E-state index contributed by atoms with van der Waals surface area (Å²) in [6.45, 7) is 3.36. The molecular weight excluding hydrogens is 202 g/mol. The van der Waals surface area contributed by atoms with Crippen molar-refractivity contribution < 1.29 is 4.79 Å². The molecule has 1 unspecified atom stereocenters. The molecule has 1 atom stereocenters. The zero-order valence-corrected chi connectivity index (χ0v) is 9.52. The molecule has 0 aromatic carbocycles. The van der Waals surface area contributed by atoms with Gasteiger partial charge in [0.2, 0.25) is 0 Å². The molecule has 0 saturated carbocycles. The SMILES string of the molecule is CC1(CN)CCCN1C(=O)c1cccnc1. The molecule has 1 aromatic heterocycles. The van der Waals surface area contributed by atoms with Crippen LogP contribution in [-0.4, -0.2) is 34.4 Å². The highest BCUT2D eigenvalue weighted by atomic mass is 16.2. The maximum atomic E-state index is 12.3. The van der Waals surface area contributed by atoms with E-state index in [9.17, 15) is 4.79 Å². The Kier molecular flexibility index (Phi) is 2.92. The highest BCUT2D eigenvalue weighted by Gasteiger charge is 2.38. The van der Waals surface area contributed by atoms with Gasteiger partial charge in [0.25, 0.3) is 5.91 Å². The Morgan fingerprint density at radius 3 is 3.12 bits per heavy atom. The Labute approximate surface area is 95.5 Å². The minimum Gasteiger partial charge on any atom is -0.332 e. The largest absolute Gasteiger partial charge is 0.332 e. The Hall–Kier alpha value is -1.42. The number of nitrogens with zero attached hydrogens (tertiary/aromatic N) is 2. The van der Waals surface area contributed by atoms with E-state index in [-0.39, 0.29) is 11.4 Å². The molecule has 16 heavy (non-hydrogen) atoms. The van der Waals surface area contributed by atoms with E-state index >= 15 is 0 Å². The van der Waals surface area contributed by atoms with Gasteiger partial charge >= 0.3 is 0 Å². The molecular formula is C12H17N3O. The smallest absolute Gasteiger partial charge is 0.255 e. The summed E-state index contributed by atoms with van der Waals surface area (Å²) in [5, 5.41) is 0. The average molecular weight is 219 g/mol. The number of hydrogen-bond acceptors (Lipinski definition) is 3. The molecule has 86 valence electrons. The fourth-order valence-electron chi connectivity index (χ4n) is 2.23. The Balaban J connectivity index is 2.23. The van der Waals surface area contributed by atoms with Gasteiger partial charge in [0.1, 0.15) is 0 Å². The van der Waals surface area contributed by atoms with Crippen LogP contribution in [0, 0.1) is 0 Å². The van der Waals surface area contributed by atoms with Gasteiger partial charge in [-0.1, -0.05) is 0 Å². The van der Waals surface area contributed by atoms with Gasteiger partial charge in [0, 0.05) is 25.5 Å². The lowest BCUT2D eigenvalue weighted by atomic mass is 9.99. The molecule has 1 saturated heterocycles. The second-order valence-electron chi connectivity index (χ2n) is 4.50. The Bertz CT molecular complexity index is 379. The van der Waals surface area contributed by atoms with Crippen molar-refractivity contribution in [2.24, 2.45) is 5.73 Å². The first kappa shape index (κ1) is 11.1. The summed E-state index contributed by atoms with van der Waals surface area (Å²) < 4.78 is 0. The average Bonchev–Trinajstić information content (AvgIpc) is 2.72. The predicted molar refractivity (Wildman–Crippen MR) is 62.0 cm³/mol. The van der Waals surface area contributed by atoms with E-state index in [0.717, 1.165) is 19.4 Å². The molecule has 1 aliphatic rings. The lowest BCUT2D eigenvalue weighted by molar-refractivity contribution is 0.0636. The standard InChI is InChI=1S/C12H17N3O/c1-12(9-13)5-3-7-15(12)11(16)10-4-2-6-14-8-10/h2,4,6,8H,3,5,7,9,13H2,1H3. The van der Waals surface area contributed by atoms with Gasteiger partial charge in [-0.2, -0.15) is 0 Å².